The highest BCUT2D eigenvalue weighted by Gasteiger charge is 2.30. The van der Waals surface area contributed by atoms with E-state index in [0.717, 1.165) is 5.56 Å². The smallest absolute Gasteiger partial charge is 0.172 e. The van der Waals surface area contributed by atoms with Crippen molar-refractivity contribution in [2.24, 2.45) is 0 Å². The average Bonchev–Trinajstić information content (AvgIpc) is 2.39. The molecule has 2 aromatic carbocycles. The molecule has 0 aliphatic carbocycles. The van der Waals surface area contributed by atoms with Crippen LogP contribution in [0.5, 0.6) is 0 Å². The van der Waals surface area contributed by atoms with Gasteiger partial charge in [-0.3, -0.25) is 4.79 Å². The van der Waals surface area contributed by atoms with E-state index in [9.17, 15) is 4.79 Å². The Kier molecular flexibility index (Phi) is 4.79. The van der Waals surface area contributed by atoms with Crippen LogP contribution in [-0.2, 0) is 5.41 Å². The van der Waals surface area contributed by atoms with Crippen LogP contribution in [0.25, 0.3) is 0 Å². The molecule has 0 spiro atoms. The topological polar surface area (TPSA) is 69.1 Å². The Morgan fingerprint density at radius 3 is 1.70 bits per heavy atom. The van der Waals surface area contributed by atoms with Gasteiger partial charge in [-0.2, -0.15) is 0 Å². The highest BCUT2D eigenvalue weighted by Crippen LogP contribution is 2.28. The van der Waals surface area contributed by atoms with Crippen LogP contribution >= 0.6 is 12.4 Å². The van der Waals surface area contributed by atoms with E-state index in [4.69, 9.17) is 11.5 Å². The van der Waals surface area contributed by atoms with Gasteiger partial charge in [0.1, 0.15) is 0 Å². The van der Waals surface area contributed by atoms with Gasteiger partial charge in [-0.25, -0.2) is 0 Å². The van der Waals surface area contributed by atoms with Crippen molar-refractivity contribution < 1.29 is 4.79 Å². The Balaban J connectivity index is 0.00000200. The molecule has 0 aromatic heterocycles. The van der Waals surface area contributed by atoms with Gasteiger partial charge in [0.2, 0.25) is 0 Å². The first-order chi connectivity index (χ1) is 8.91. The third-order valence-electron chi connectivity index (χ3n) is 3.37. The first-order valence-corrected chi connectivity index (χ1v) is 6.17. The molecule has 0 amide bonds. The SMILES string of the molecule is CC(C)(C(=O)c1ccc(N)cc1)c1ccc(N)cc1.Cl. The van der Waals surface area contributed by atoms with Crippen LogP contribution in [0.2, 0.25) is 0 Å². The summed E-state index contributed by atoms with van der Waals surface area (Å²) in [5, 5.41) is 0. The molecule has 2 aromatic rings. The van der Waals surface area contributed by atoms with Gasteiger partial charge in [-0.1, -0.05) is 12.1 Å². The number of ketones is 1. The number of nitrogen functional groups attached to an aromatic ring is 2. The van der Waals surface area contributed by atoms with E-state index in [1.807, 2.05) is 38.1 Å². The maximum absolute atomic E-state index is 12.6. The predicted octanol–water partition coefficient (Wildman–Crippen LogP) is 3.43. The Morgan fingerprint density at radius 2 is 1.25 bits per heavy atom. The van der Waals surface area contributed by atoms with Crippen molar-refractivity contribution in [2.45, 2.75) is 19.3 Å². The molecule has 0 unspecified atom stereocenters. The van der Waals surface area contributed by atoms with E-state index in [-0.39, 0.29) is 18.2 Å². The van der Waals surface area contributed by atoms with Gasteiger partial charge < -0.3 is 11.5 Å². The molecular weight excluding hydrogens is 272 g/mol. The number of hydrogen-bond donors (Lipinski definition) is 2. The minimum absolute atomic E-state index is 0. The average molecular weight is 291 g/mol. The first-order valence-electron chi connectivity index (χ1n) is 6.17. The number of carbonyl (C=O) groups excluding carboxylic acids is 1. The fraction of sp³-hybridized carbons (Fsp3) is 0.188. The minimum Gasteiger partial charge on any atom is -0.399 e. The van der Waals surface area contributed by atoms with Gasteiger partial charge in [0.15, 0.2) is 5.78 Å². The van der Waals surface area contributed by atoms with Gasteiger partial charge in [0, 0.05) is 16.9 Å². The molecule has 20 heavy (non-hydrogen) atoms. The van der Waals surface area contributed by atoms with E-state index in [1.54, 1.807) is 24.3 Å². The van der Waals surface area contributed by atoms with E-state index in [2.05, 4.69) is 0 Å². The van der Waals surface area contributed by atoms with Crippen LogP contribution in [0.15, 0.2) is 48.5 Å². The van der Waals surface area contributed by atoms with Crippen molar-refractivity contribution in [3.05, 3.63) is 59.7 Å². The van der Waals surface area contributed by atoms with Crippen molar-refractivity contribution in [2.75, 3.05) is 11.5 Å². The summed E-state index contributed by atoms with van der Waals surface area (Å²) in [6.45, 7) is 3.83. The lowest BCUT2D eigenvalue weighted by Gasteiger charge is -2.24. The van der Waals surface area contributed by atoms with Gasteiger partial charge in [-0.15, -0.1) is 12.4 Å². The van der Waals surface area contributed by atoms with Crippen LogP contribution in [0.4, 0.5) is 11.4 Å². The van der Waals surface area contributed by atoms with Gasteiger partial charge >= 0.3 is 0 Å². The highest BCUT2D eigenvalue weighted by atomic mass is 35.5. The van der Waals surface area contributed by atoms with E-state index >= 15 is 0 Å². The number of nitrogens with two attached hydrogens (primary N) is 2. The Labute approximate surface area is 125 Å². The number of rotatable bonds is 3. The molecule has 4 heteroatoms. The molecule has 0 saturated heterocycles. The lowest BCUT2D eigenvalue weighted by atomic mass is 9.78. The second kappa shape index (κ2) is 5.97. The summed E-state index contributed by atoms with van der Waals surface area (Å²) >= 11 is 0. The molecule has 0 heterocycles. The van der Waals surface area contributed by atoms with Crippen LogP contribution in [0.1, 0.15) is 29.8 Å². The molecular formula is C16H19ClN2O. The molecule has 0 bridgehead atoms. The number of carbonyl (C=O) groups is 1. The largest absolute Gasteiger partial charge is 0.399 e. The van der Waals surface area contributed by atoms with E-state index in [0.29, 0.717) is 16.9 Å². The van der Waals surface area contributed by atoms with Crippen molar-refractivity contribution in [3.63, 3.8) is 0 Å². The molecule has 2 rings (SSSR count). The third kappa shape index (κ3) is 3.11. The van der Waals surface area contributed by atoms with Crippen molar-refractivity contribution in [1.29, 1.82) is 0 Å². The molecule has 0 saturated carbocycles. The van der Waals surface area contributed by atoms with Crippen LogP contribution < -0.4 is 11.5 Å². The molecule has 0 radical (unpaired) electrons. The molecule has 0 fully saturated rings. The maximum atomic E-state index is 12.6. The van der Waals surface area contributed by atoms with E-state index < -0.39 is 5.41 Å². The quantitative estimate of drug-likeness (QED) is 0.672. The van der Waals surface area contributed by atoms with Crippen molar-refractivity contribution in [1.82, 2.24) is 0 Å². The summed E-state index contributed by atoms with van der Waals surface area (Å²) < 4.78 is 0. The molecule has 3 nitrogen and oxygen atoms in total. The lowest BCUT2D eigenvalue weighted by Crippen LogP contribution is -2.29. The summed E-state index contributed by atoms with van der Waals surface area (Å²) in [5.74, 6) is 0.0669. The number of hydrogen-bond acceptors (Lipinski definition) is 3. The van der Waals surface area contributed by atoms with Gasteiger partial charge in [0.25, 0.3) is 0 Å². The molecule has 0 atom stereocenters. The predicted molar refractivity (Wildman–Crippen MR) is 86.3 cm³/mol. The highest BCUT2D eigenvalue weighted by molar-refractivity contribution is 6.03. The summed E-state index contributed by atoms with van der Waals surface area (Å²) in [7, 11) is 0. The van der Waals surface area contributed by atoms with Crippen LogP contribution in [-0.4, -0.2) is 5.78 Å². The maximum Gasteiger partial charge on any atom is 0.172 e. The van der Waals surface area contributed by atoms with Crippen LogP contribution in [0.3, 0.4) is 0 Å². The second-order valence-electron chi connectivity index (χ2n) is 5.20. The Morgan fingerprint density at radius 1 is 0.850 bits per heavy atom. The van der Waals surface area contributed by atoms with Gasteiger partial charge in [-0.05, 0) is 55.8 Å². The standard InChI is InChI=1S/C16H18N2O.ClH/c1-16(2,12-5-9-14(18)10-6-12)15(19)11-3-7-13(17)8-4-11;/h3-10H,17-18H2,1-2H3;1H. The summed E-state index contributed by atoms with van der Waals surface area (Å²) in [6.07, 6.45) is 0. The van der Waals surface area contributed by atoms with Crippen molar-refractivity contribution in [3.8, 4) is 0 Å². The lowest BCUT2D eigenvalue weighted by molar-refractivity contribution is 0.0909. The Hall–Kier alpha value is -2.00. The summed E-state index contributed by atoms with van der Waals surface area (Å²) in [5.41, 5.74) is 13.7. The van der Waals surface area contributed by atoms with Crippen LogP contribution in [0, 0.1) is 0 Å². The molecule has 4 N–H and O–H groups in total. The number of Topliss-reactive ketones (excluding diaryl/α,β-unsaturated/α-hetero) is 1. The summed E-state index contributed by atoms with van der Waals surface area (Å²) in [6, 6.07) is 14.4. The fourth-order valence-electron chi connectivity index (χ4n) is 2.03. The fourth-order valence-corrected chi connectivity index (χ4v) is 2.03. The van der Waals surface area contributed by atoms with Gasteiger partial charge in [0.05, 0.1) is 5.41 Å². The summed E-state index contributed by atoms with van der Waals surface area (Å²) in [4.78, 5) is 12.6. The third-order valence-corrected chi connectivity index (χ3v) is 3.37. The van der Waals surface area contributed by atoms with Crippen molar-refractivity contribution >= 4 is 29.6 Å². The zero-order valence-electron chi connectivity index (χ0n) is 11.6. The second-order valence-corrected chi connectivity index (χ2v) is 5.20. The zero-order valence-corrected chi connectivity index (χ0v) is 12.4. The first kappa shape index (κ1) is 16.1. The zero-order chi connectivity index (χ0) is 14.0. The monoisotopic (exact) mass is 290 g/mol. The molecule has 0 aliphatic heterocycles. The normalized spacial score (nSPS) is 10.7. The number of anilines is 2. The number of benzene rings is 2. The minimum atomic E-state index is -0.593. The molecule has 106 valence electrons. The molecule has 0 aliphatic rings. The van der Waals surface area contributed by atoms with E-state index in [1.165, 1.54) is 0 Å². The number of halogens is 1. The Bertz CT molecular complexity index is 589.